The Morgan fingerprint density at radius 3 is 2.62 bits per heavy atom. The van der Waals surface area contributed by atoms with Gasteiger partial charge in [0.2, 0.25) is 5.95 Å². The molecular formula is C13H19N3. The molecule has 0 spiro atoms. The summed E-state index contributed by atoms with van der Waals surface area (Å²) in [6.45, 7) is 7.64. The van der Waals surface area contributed by atoms with Crippen LogP contribution in [0.25, 0.3) is 11.0 Å². The number of aromatic nitrogens is 2. The van der Waals surface area contributed by atoms with Crippen molar-refractivity contribution in [1.82, 2.24) is 9.55 Å². The van der Waals surface area contributed by atoms with Gasteiger partial charge < -0.3 is 10.3 Å². The lowest BCUT2D eigenvalue weighted by atomic mass is 9.92. The molecule has 0 bridgehead atoms. The van der Waals surface area contributed by atoms with E-state index in [1.165, 1.54) is 0 Å². The van der Waals surface area contributed by atoms with Gasteiger partial charge in [-0.1, -0.05) is 32.9 Å². The highest BCUT2D eigenvalue weighted by Crippen LogP contribution is 2.23. The highest BCUT2D eigenvalue weighted by atomic mass is 15.1. The molecule has 1 heterocycles. The molecule has 2 N–H and O–H groups in total. The number of imidazole rings is 1. The van der Waals surface area contributed by atoms with Gasteiger partial charge in [0.25, 0.3) is 0 Å². The first-order chi connectivity index (χ1) is 7.47. The van der Waals surface area contributed by atoms with Crippen molar-refractivity contribution in [3.8, 4) is 0 Å². The molecule has 1 aromatic carbocycles. The van der Waals surface area contributed by atoms with Crippen LogP contribution in [-0.4, -0.2) is 9.55 Å². The molecule has 0 aliphatic carbocycles. The van der Waals surface area contributed by atoms with Gasteiger partial charge in [-0.05, 0) is 24.0 Å². The predicted molar refractivity (Wildman–Crippen MR) is 68.2 cm³/mol. The number of nitrogens with zero attached hydrogens (tertiary/aromatic N) is 2. The lowest BCUT2D eigenvalue weighted by Crippen LogP contribution is -2.11. The summed E-state index contributed by atoms with van der Waals surface area (Å²) in [6, 6.07) is 8.08. The van der Waals surface area contributed by atoms with Crippen molar-refractivity contribution < 1.29 is 0 Å². The largest absolute Gasteiger partial charge is 0.369 e. The molecule has 2 aromatic rings. The number of fused-ring (bicyclic) bond motifs is 1. The number of aryl methyl sites for hydroxylation is 1. The fourth-order valence-corrected chi connectivity index (χ4v) is 1.78. The first-order valence-electron chi connectivity index (χ1n) is 5.68. The Morgan fingerprint density at radius 2 is 1.94 bits per heavy atom. The number of nitrogens with two attached hydrogens (primary N) is 1. The number of hydrogen-bond acceptors (Lipinski definition) is 2. The minimum Gasteiger partial charge on any atom is -0.369 e. The van der Waals surface area contributed by atoms with Crippen molar-refractivity contribution in [1.29, 1.82) is 0 Å². The van der Waals surface area contributed by atoms with Gasteiger partial charge in [0, 0.05) is 6.54 Å². The van der Waals surface area contributed by atoms with E-state index < -0.39 is 0 Å². The molecule has 0 saturated carbocycles. The van der Waals surface area contributed by atoms with Crippen LogP contribution in [-0.2, 0) is 6.54 Å². The summed E-state index contributed by atoms with van der Waals surface area (Å²) in [4.78, 5) is 4.35. The zero-order chi connectivity index (χ0) is 11.8. The smallest absolute Gasteiger partial charge is 0.201 e. The van der Waals surface area contributed by atoms with Crippen LogP contribution in [0.1, 0.15) is 27.2 Å². The van der Waals surface area contributed by atoms with E-state index >= 15 is 0 Å². The first-order valence-corrected chi connectivity index (χ1v) is 5.68. The van der Waals surface area contributed by atoms with E-state index in [1.807, 2.05) is 18.2 Å². The molecule has 0 aliphatic rings. The molecule has 0 saturated heterocycles. The third-order valence-corrected chi connectivity index (χ3v) is 2.77. The lowest BCUT2D eigenvalue weighted by molar-refractivity contribution is 0.354. The molecule has 2 rings (SSSR count). The van der Waals surface area contributed by atoms with Crippen molar-refractivity contribution in [3.63, 3.8) is 0 Å². The van der Waals surface area contributed by atoms with Crippen molar-refractivity contribution in [2.45, 2.75) is 33.7 Å². The second kappa shape index (κ2) is 3.81. The van der Waals surface area contributed by atoms with Crippen molar-refractivity contribution in [3.05, 3.63) is 24.3 Å². The van der Waals surface area contributed by atoms with E-state index in [2.05, 4.69) is 36.4 Å². The fraction of sp³-hybridized carbons (Fsp3) is 0.462. The van der Waals surface area contributed by atoms with E-state index in [1.54, 1.807) is 0 Å². The monoisotopic (exact) mass is 217 g/mol. The normalized spacial score (nSPS) is 12.2. The summed E-state index contributed by atoms with van der Waals surface area (Å²) < 4.78 is 2.10. The molecule has 3 heteroatoms. The average Bonchev–Trinajstić information content (AvgIpc) is 2.49. The van der Waals surface area contributed by atoms with Crippen LogP contribution in [0, 0.1) is 5.41 Å². The summed E-state index contributed by atoms with van der Waals surface area (Å²) in [7, 11) is 0. The highest BCUT2D eigenvalue weighted by Gasteiger charge is 2.13. The fourth-order valence-electron chi connectivity index (χ4n) is 1.78. The van der Waals surface area contributed by atoms with Crippen LogP contribution >= 0.6 is 0 Å². The van der Waals surface area contributed by atoms with E-state index in [4.69, 9.17) is 5.73 Å². The highest BCUT2D eigenvalue weighted by molar-refractivity contribution is 5.78. The molecule has 0 atom stereocenters. The number of anilines is 1. The van der Waals surface area contributed by atoms with E-state index in [0.717, 1.165) is 24.0 Å². The molecule has 1 aromatic heterocycles. The maximum atomic E-state index is 5.93. The Morgan fingerprint density at radius 1 is 1.25 bits per heavy atom. The number of benzene rings is 1. The summed E-state index contributed by atoms with van der Waals surface area (Å²) in [5.41, 5.74) is 8.36. The number of nitrogen functional groups attached to an aromatic ring is 1. The summed E-state index contributed by atoms with van der Waals surface area (Å²) >= 11 is 0. The maximum Gasteiger partial charge on any atom is 0.201 e. The standard InChI is InChI=1S/C13H19N3/c1-13(2,3)8-9-16-11-7-5-4-6-10(11)15-12(16)14/h4-7H,8-9H2,1-3H3,(H2,14,15). The van der Waals surface area contributed by atoms with Gasteiger partial charge in [-0.3, -0.25) is 0 Å². The van der Waals surface area contributed by atoms with Crippen LogP contribution < -0.4 is 5.73 Å². The number of para-hydroxylation sites is 2. The van der Waals surface area contributed by atoms with Crippen molar-refractivity contribution >= 4 is 17.0 Å². The lowest BCUT2D eigenvalue weighted by Gasteiger charge is -2.18. The van der Waals surface area contributed by atoms with Gasteiger partial charge in [-0.15, -0.1) is 0 Å². The topological polar surface area (TPSA) is 43.8 Å². The first kappa shape index (κ1) is 11.0. The zero-order valence-electron chi connectivity index (χ0n) is 10.2. The van der Waals surface area contributed by atoms with Gasteiger partial charge in [-0.25, -0.2) is 4.98 Å². The van der Waals surface area contributed by atoms with Crippen LogP contribution in [0.2, 0.25) is 0 Å². The summed E-state index contributed by atoms with van der Waals surface area (Å²) in [5, 5.41) is 0. The van der Waals surface area contributed by atoms with Crippen LogP contribution in [0.5, 0.6) is 0 Å². The van der Waals surface area contributed by atoms with Gasteiger partial charge >= 0.3 is 0 Å². The van der Waals surface area contributed by atoms with Gasteiger partial charge in [0.05, 0.1) is 11.0 Å². The van der Waals surface area contributed by atoms with E-state index in [0.29, 0.717) is 11.4 Å². The summed E-state index contributed by atoms with van der Waals surface area (Å²) in [5.74, 6) is 0.616. The molecule has 0 radical (unpaired) electrons. The molecule has 0 aliphatic heterocycles. The van der Waals surface area contributed by atoms with Gasteiger partial charge in [0.15, 0.2) is 0 Å². The number of hydrogen-bond donors (Lipinski definition) is 1. The third kappa shape index (κ3) is 2.18. The van der Waals surface area contributed by atoms with Crippen molar-refractivity contribution in [2.24, 2.45) is 5.41 Å². The van der Waals surface area contributed by atoms with E-state index in [-0.39, 0.29) is 0 Å². The Bertz CT molecular complexity index is 491. The van der Waals surface area contributed by atoms with Crippen molar-refractivity contribution in [2.75, 3.05) is 5.73 Å². The predicted octanol–water partition coefficient (Wildman–Crippen LogP) is 3.05. The Kier molecular flexibility index (Phi) is 2.62. The van der Waals surface area contributed by atoms with Crippen LogP contribution in [0.15, 0.2) is 24.3 Å². The molecule has 0 unspecified atom stereocenters. The molecule has 0 amide bonds. The minimum absolute atomic E-state index is 0.317. The van der Waals surface area contributed by atoms with Gasteiger partial charge in [-0.2, -0.15) is 0 Å². The maximum absolute atomic E-state index is 5.93. The number of rotatable bonds is 2. The summed E-state index contributed by atoms with van der Waals surface area (Å²) in [6.07, 6.45) is 1.09. The Labute approximate surface area is 96.3 Å². The molecule has 16 heavy (non-hydrogen) atoms. The molecule has 3 nitrogen and oxygen atoms in total. The van der Waals surface area contributed by atoms with Crippen LogP contribution in [0.3, 0.4) is 0 Å². The minimum atomic E-state index is 0.317. The van der Waals surface area contributed by atoms with E-state index in [9.17, 15) is 0 Å². The Balaban J connectivity index is 2.33. The second-order valence-electron chi connectivity index (χ2n) is 5.42. The van der Waals surface area contributed by atoms with Gasteiger partial charge in [0.1, 0.15) is 0 Å². The Hall–Kier alpha value is -1.51. The average molecular weight is 217 g/mol. The molecular weight excluding hydrogens is 198 g/mol. The quantitative estimate of drug-likeness (QED) is 0.840. The third-order valence-electron chi connectivity index (χ3n) is 2.77. The SMILES string of the molecule is CC(C)(C)CCn1c(N)nc2ccccc21. The molecule has 0 fully saturated rings. The second-order valence-corrected chi connectivity index (χ2v) is 5.42. The molecule has 86 valence electrons. The van der Waals surface area contributed by atoms with Crippen LogP contribution in [0.4, 0.5) is 5.95 Å². The zero-order valence-corrected chi connectivity index (χ0v) is 10.2.